The van der Waals surface area contributed by atoms with Crippen molar-refractivity contribution in [3.05, 3.63) is 104 Å². The highest BCUT2D eigenvalue weighted by Gasteiger charge is 2.46. The van der Waals surface area contributed by atoms with Gasteiger partial charge in [-0.05, 0) is 73.8 Å². The molecule has 0 radical (unpaired) electrons. The van der Waals surface area contributed by atoms with Crippen molar-refractivity contribution in [2.75, 3.05) is 131 Å². The number of methoxy groups -OCH3 is 1. The molecule has 4 aromatic rings. The van der Waals surface area contributed by atoms with Crippen molar-refractivity contribution in [1.29, 1.82) is 0 Å². The fourth-order valence-electron chi connectivity index (χ4n) is 12.0. The molecule has 0 bridgehead atoms. The molecule has 0 saturated heterocycles. The number of fused-ring (bicyclic) bond motifs is 5. The van der Waals surface area contributed by atoms with Crippen LogP contribution < -0.4 is 48.5 Å². The van der Waals surface area contributed by atoms with E-state index in [4.69, 9.17) is 58.1 Å². The highest BCUT2D eigenvalue weighted by molar-refractivity contribution is 6.14. The molecule has 2 aromatic carbocycles. The summed E-state index contributed by atoms with van der Waals surface area (Å²) in [5.74, 6) is -9.12. The molecule has 8 rings (SSSR count). The number of nitrogens with one attached hydrogen (secondary N) is 7. The fraction of sp³-hybridized carbons (Fsp3) is 0.543. The number of aryl methyl sites for hydroxylation is 1. The van der Waals surface area contributed by atoms with Gasteiger partial charge in [0.2, 0.25) is 29.5 Å². The number of imide groups is 1. The predicted octanol–water partition coefficient (Wildman–Crippen LogP) is 1.35. The van der Waals surface area contributed by atoms with E-state index in [-0.39, 0.29) is 142 Å². The Labute approximate surface area is 602 Å². The number of halogens is 2. The molecule has 5 atom stereocenters. The first-order chi connectivity index (χ1) is 50.5. The Balaban J connectivity index is 0.805. The Morgan fingerprint density at radius 2 is 1.31 bits per heavy atom. The van der Waals surface area contributed by atoms with E-state index in [9.17, 15) is 57.8 Å². The highest BCUT2D eigenvalue weighted by Crippen LogP contribution is 2.46. The third kappa shape index (κ3) is 22.5. The van der Waals surface area contributed by atoms with E-state index in [2.05, 4.69) is 37.2 Å². The number of hydrogen-bond acceptors (Lipinski definition) is 23. The number of cyclic esters (lactones) is 1. The average Bonchev–Trinajstić information content (AvgIpc) is 1.58. The number of aliphatic hydroxyl groups is 1. The molecule has 0 spiro atoms. The first kappa shape index (κ1) is 81.2. The van der Waals surface area contributed by atoms with Gasteiger partial charge in [-0.2, -0.15) is 0 Å². The monoisotopic (exact) mass is 1480 g/mol. The molecule has 0 unspecified atom stereocenters. The van der Waals surface area contributed by atoms with Crippen LogP contribution in [0.4, 0.5) is 24.1 Å². The molecule has 1 aliphatic carbocycles. The van der Waals surface area contributed by atoms with Gasteiger partial charge in [0.15, 0.2) is 17.2 Å². The third-order valence-electron chi connectivity index (χ3n) is 17.5. The quantitative estimate of drug-likeness (QED) is 0.0151. The van der Waals surface area contributed by atoms with Crippen molar-refractivity contribution >= 4 is 76.0 Å². The topological polar surface area (TPSA) is 432 Å². The Bertz CT molecular complexity index is 3840. The Hall–Kier alpha value is -9.46. The van der Waals surface area contributed by atoms with Crippen molar-refractivity contribution in [3.8, 4) is 11.4 Å². The number of rotatable bonds is 45. The summed E-state index contributed by atoms with van der Waals surface area (Å²) in [6, 6.07) is 2.73. The standard InChI is InChI=1S/C70H91F2N11O22/c1-5-70(95)47-35-53-62-45(37-82(53)66(91)46(47)40-104-67(70)92)59-49(13-12-44-58(59)52(78-62)36-48(71)60(44)72)80-69(94)105-39-42-8-10-43(11-9-42)76-63(88)50(7-6-18-75-68(73)93)79-65(90)61(41(2)3)81-64(89)51(77-55(85)38-83-56(86)14-15-57(83)87)16-19-74-54(84)17-20-97-23-24-99-27-28-101-31-32-103-34-33-102-30-29-100-26-25-98-22-21-96-4/h8-11,14-15,35-36,41,49-51,61,95H,5-7,12-13,16-34,37-40H2,1-4H3,(H,74,84)(H,76,88)(H,77,85)(H,79,90)(H,80,94)(H,81,89)(H3,73,75,93)/t49-,50-,51-,61-,70-/m0/s1. The summed E-state index contributed by atoms with van der Waals surface area (Å²) in [7, 11) is 1.61. The molecule has 0 saturated carbocycles. The fourth-order valence-corrected chi connectivity index (χ4v) is 12.0. The second kappa shape index (κ2) is 40.1. The van der Waals surface area contributed by atoms with Crippen molar-refractivity contribution < 1.29 is 109 Å². The maximum atomic E-state index is 15.6. The summed E-state index contributed by atoms with van der Waals surface area (Å²) in [6.45, 7) is 8.61. The number of alkyl carbamates (subject to hydrolysis) is 1. The summed E-state index contributed by atoms with van der Waals surface area (Å²) >= 11 is 0. The van der Waals surface area contributed by atoms with Crippen molar-refractivity contribution in [2.45, 2.75) is 115 Å². The zero-order valence-corrected chi connectivity index (χ0v) is 59.0. The number of esters is 1. The smallest absolute Gasteiger partial charge is 0.407 e. The number of carbonyl (C=O) groups is 10. The lowest BCUT2D eigenvalue weighted by Gasteiger charge is -2.31. The van der Waals surface area contributed by atoms with Gasteiger partial charge in [-0.15, -0.1) is 0 Å². The minimum absolute atomic E-state index is 0.000487. The first-order valence-corrected chi connectivity index (χ1v) is 34.6. The number of pyridine rings is 2. The van der Waals surface area contributed by atoms with Gasteiger partial charge in [0.05, 0.1) is 134 Å². The number of primary amides is 1. The lowest BCUT2D eigenvalue weighted by molar-refractivity contribution is -0.172. The second-order valence-electron chi connectivity index (χ2n) is 25.1. The van der Waals surface area contributed by atoms with Crippen molar-refractivity contribution in [3.63, 3.8) is 0 Å². The third-order valence-corrected chi connectivity index (χ3v) is 17.5. The second-order valence-corrected chi connectivity index (χ2v) is 25.1. The zero-order chi connectivity index (χ0) is 75.6. The number of benzene rings is 2. The normalized spacial score (nSPS) is 16.4. The molecular formula is C70H91F2N11O22. The summed E-state index contributed by atoms with van der Waals surface area (Å²) in [5, 5.41) is 30.1. The SMILES string of the molecule is CC[C@@]1(O)C(=O)OCc2c1cc1n(c2=O)Cc2c-1nc1cc(F)c(F)c3c1c2[C@@H](NC(=O)OCc1ccc(NC(=O)[C@H](CCCNC(N)=O)NC(=O)[C@@H](NC(=O)[C@H](CCNC(=O)CCOCCOCCOCCOCCOCCOCCOCCOC)NC(=O)CN2C(=O)C=CC2=O)C(C)C)cc1)CC3. The lowest BCUT2D eigenvalue weighted by Crippen LogP contribution is -2.58. The van der Waals surface area contributed by atoms with E-state index in [1.54, 1.807) is 40.0 Å². The lowest BCUT2D eigenvalue weighted by atomic mass is 9.83. The average molecular weight is 1480 g/mol. The molecule has 0 fully saturated rings. The van der Waals surface area contributed by atoms with Crippen molar-refractivity contribution in [2.24, 2.45) is 11.7 Å². The van der Waals surface area contributed by atoms with Gasteiger partial charge in [-0.25, -0.2) is 28.1 Å². The molecular weight excluding hydrogens is 1380 g/mol. The number of carbonyl (C=O) groups excluding carboxylic acids is 10. The highest BCUT2D eigenvalue weighted by atomic mass is 19.2. The summed E-state index contributed by atoms with van der Waals surface area (Å²) in [6.07, 6.45) is 0.811. The predicted molar refractivity (Wildman–Crippen MR) is 367 cm³/mol. The van der Waals surface area contributed by atoms with E-state index < -0.39 is 119 Å². The van der Waals surface area contributed by atoms with Crippen LogP contribution in [0.25, 0.3) is 22.3 Å². The maximum Gasteiger partial charge on any atom is 0.407 e. The van der Waals surface area contributed by atoms with Crippen LogP contribution in [0.5, 0.6) is 0 Å². The maximum absolute atomic E-state index is 15.6. The molecule has 5 heterocycles. The Morgan fingerprint density at radius 1 is 0.714 bits per heavy atom. The number of urea groups is 1. The van der Waals surface area contributed by atoms with E-state index in [0.717, 1.165) is 18.2 Å². The van der Waals surface area contributed by atoms with E-state index in [1.165, 1.54) is 22.8 Å². The number of amides is 10. The van der Waals surface area contributed by atoms with Gasteiger partial charge < -0.3 is 100.0 Å². The van der Waals surface area contributed by atoms with Gasteiger partial charge in [0.1, 0.15) is 37.9 Å². The molecule has 2 aromatic heterocycles. The number of aromatic nitrogens is 2. The number of hydrogen-bond donors (Lipinski definition) is 9. The van der Waals surface area contributed by atoms with Crippen LogP contribution >= 0.6 is 0 Å². The Kier molecular flexibility index (Phi) is 31.1. The van der Waals surface area contributed by atoms with Crippen LogP contribution in [-0.4, -0.2) is 223 Å². The van der Waals surface area contributed by atoms with Crippen LogP contribution in [-0.2, 0) is 118 Å². The number of nitrogens with two attached hydrogens (primary N) is 1. The molecule has 10 amide bonds. The molecule has 35 heteroatoms. The van der Waals surface area contributed by atoms with Crippen LogP contribution in [0.3, 0.4) is 0 Å². The summed E-state index contributed by atoms with van der Waals surface area (Å²) in [5.41, 5.74) is 4.73. The van der Waals surface area contributed by atoms with Crippen LogP contribution in [0.2, 0.25) is 0 Å². The van der Waals surface area contributed by atoms with Crippen LogP contribution in [0, 0.1) is 17.6 Å². The minimum Gasteiger partial charge on any atom is -0.458 e. The van der Waals surface area contributed by atoms with Crippen LogP contribution in [0.1, 0.15) is 98.7 Å². The number of ether oxygens (including phenoxy) is 10. The summed E-state index contributed by atoms with van der Waals surface area (Å²) < 4.78 is 86.1. The minimum atomic E-state index is -2.13. The van der Waals surface area contributed by atoms with E-state index in [0.29, 0.717) is 101 Å². The van der Waals surface area contributed by atoms with Crippen molar-refractivity contribution in [1.82, 2.24) is 46.4 Å². The van der Waals surface area contributed by atoms with Gasteiger partial charge >= 0.3 is 18.1 Å². The number of nitrogens with zero attached hydrogens (tertiary/aromatic N) is 3. The van der Waals surface area contributed by atoms with Gasteiger partial charge in [-0.1, -0.05) is 32.9 Å². The van der Waals surface area contributed by atoms with Gasteiger partial charge in [0.25, 0.3) is 17.4 Å². The molecule has 33 nitrogen and oxygen atoms in total. The number of anilines is 1. The van der Waals surface area contributed by atoms with E-state index in [1.807, 2.05) is 0 Å². The zero-order valence-electron chi connectivity index (χ0n) is 59.0. The molecule has 572 valence electrons. The largest absolute Gasteiger partial charge is 0.458 e. The molecule has 4 aliphatic rings. The van der Waals surface area contributed by atoms with Gasteiger partial charge in [-0.3, -0.25) is 43.3 Å². The molecule has 3 aliphatic heterocycles. The summed E-state index contributed by atoms with van der Waals surface area (Å²) in [4.78, 5) is 151. The van der Waals surface area contributed by atoms with Crippen LogP contribution in [0.15, 0.2) is 53.3 Å². The first-order valence-electron chi connectivity index (χ1n) is 34.6. The Morgan fingerprint density at radius 3 is 1.90 bits per heavy atom. The van der Waals surface area contributed by atoms with Gasteiger partial charge in [0, 0.05) is 72.6 Å². The molecule has 10 N–H and O–H groups in total. The molecule has 105 heavy (non-hydrogen) atoms. The van der Waals surface area contributed by atoms with E-state index >= 15 is 8.78 Å².